The Morgan fingerprint density at radius 1 is 0.913 bits per heavy atom. The molecule has 0 aromatic carbocycles. The molecule has 3 N–H and O–H groups in total. The highest BCUT2D eigenvalue weighted by Gasteiger charge is 2.51. The lowest BCUT2D eigenvalue weighted by molar-refractivity contribution is -0.896. The maximum absolute atomic E-state index is 12.3. The predicted molar refractivity (Wildman–Crippen MR) is 87.0 cm³/mol. The zero-order valence-corrected chi connectivity index (χ0v) is 14.0. The third-order valence-electron chi connectivity index (χ3n) is 6.64. The molecule has 5 fully saturated rings. The van der Waals surface area contributed by atoms with Crippen LogP contribution in [0.4, 0.5) is 4.79 Å². The first-order chi connectivity index (χ1) is 11.1. The second-order valence-corrected chi connectivity index (χ2v) is 8.69. The van der Waals surface area contributed by atoms with Crippen molar-refractivity contribution in [3.05, 3.63) is 0 Å². The number of nitrogens with one attached hydrogen (secondary N) is 3. The molecular weight excluding hydrogens is 290 g/mol. The summed E-state index contributed by atoms with van der Waals surface area (Å²) in [5.74, 6) is 2.28. The molecule has 4 bridgehead atoms. The molecule has 23 heavy (non-hydrogen) atoms. The number of amides is 3. The number of carbonyl (C=O) groups is 2. The van der Waals surface area contributed by atoms with Crippen LogP contribution in [-0.4, -0.2) is 37.1 Å². The average molecular weight is 320 g/mol. The van der Waals surface area contributed by atoms with Crippen molar-refractivity contribution in [2.75, 3.05) is 19.6 Å². The number of hydrogen-bond donors (Lipinski definition) is 3. The van der Waals surface area contributed by atoms with Crippen LogP contribution >= 0.6 is 0 Å². The zero-order valence-electron chi connectivity index (χ0n) is 14.0. The van der Waals surface area contributed by atoms with Gasteiger partial charge < -0.3 is 10.2 Å². The van der Waals surface area contributed by atoms with Crippen molar-refractivity contribution < 1.29 is 14.5 Å². The van der Waals surface area contributed by atoms with E-state index in [-0.39, 0.29) is 17.5 Å². The van der Waals surface area contributed by atoms with Gasteiger partial charge in [0.05, 0.1) is 13.1 Å². The molecule has 3 amide bonds. The van der Waals surface area contributed by atoms with Crippen molar-refractivity contribution in [1.29, 1.82) is 0 Å². The van der Waals surface area contributed by atoms with Gasteiger partial charge in [-0.15, -0.1) is 0 Å². The first-order valence-electron chi connectivity index (χ1n) is 9.56. The predicted octanol–water partition coefficient (Wildman–Crippen LogP) is 0.850. The molecule has 4 aliphatic carbocycles. The summed E-state index contributed by atoms with van der Waals surface area (Å²) >= 11 is 0. The van der Waals surface area contributed by atoms with Crippen molar-refractivity contribution in [1.82, 2.24) is 10.6 Å². The number of urea groups is 1. The minimum Gasteiger partial charge on any atom is -0.332 e. The van der Waals surface area contributed by atoms with E-state index < -0.39 is 0 Å². The average Bonchev–Trinajstić information content (AvgIpc) is 2.45. The molecule has 1 aliphatic heterocycles. The van der Waals surface area contributed by atoms with E-state index in [0.717, 1.165) is 50.1 Å². The van der Waals surface area contributed by atoms with Gasteiger partial charge in [-0.05, 0) is 75.5 Å². The van der Waals surface area contributed by atoms with Crippen LogP contribution in [0, 0.1) is 17.8 Å². The molecule has 0 unspecified atom stereocenters. The second-order valence-electron chi connectivity index (χ2n) is 8.69. The molecular formula is C18H30N3O2+. The Bertz CT molecular complexity index is 449. The summed E-state index contributed by atoms with van der Waals surface area (Å²) in [6.07, 6.45) is 11.1. The fourth-order valence-electron chi connectivity index (χ4n) is 6.16. The maximum atomic E-state index is 12.3. The molecule has 5 nitrogen and oxygen atoms in total. The van der Waals surface area contributed by atoms with E-state index in [2.05, 4.69) is 10.6 Å². The van der Waals surface area contributed by atoms with E-state index >= 15 is 0 Å². The van der Waals surface area contributed by atoms with Gasteiger partial charge in [0, 0.05) is 5.54 Å². The molecule has 1 heterocycles. The zero-order chi connectivity index (χ0) is 15.9. The van der Waals surface area contributed by atoms with Crippen molar-refractivity contribution >= 4 is 11.9 Å². The molecule has 0 aromatic heterocycles. The Kier molecular flexibility index (Phi) is 4.08. The smallest absolute Gasteiger partial charge is 0.322 e. The van der Waals surface area contributed by atoms with E-state index in [1.807, 2.05) is 0 Å². The standard InChI is InChI=1S/C18H29N3O2/c22-16(12-21-4-2-1-3-5-21)19-17(23)20-18-9-13-6-14(10-18)8-15(7-13)11-18/h13-15H,1-12H2,(H2,19,20,22,23)/p+1. The van der Waals surface area contributed by atoms with Gasteiger partial charge in [-0.3, -0.25) is 10.1 Å². The third kappa shape index (κ3) is 3.39. The number of likely N-dealkylation sites (tertiary alicyclic amines) is 1. The largest absolute Gasteiger partial charge is 0.332 e. The monoisotopic (exact) mass is 320 g/mol. The highest BCUT2D eigenvalue weighted by Crippen LogP contribution is 2.55. The van der Waals surface area contributed by atoms with Gasteiger partial charge in [0.2, 0.25) is 0 Å². The van der Waals surface area contributed by atoms with Crippen molar-refractivity contribution in [3.63, 3.8) is 0 Å². The Hall–Kier alpha value is -1.10. The Balaban J connectivity index is 1.29. The minimum atomic E-state index is -0.256. The van der Waals surface area contributed by atoms with Crippen LogP contribution in [0.25, 0.3) is 0 Å². The van der Waals surface area contributed by atoms with E-state index in [9.17, 15) is 9.59 Å². The maximum Gasteiger partial charge on any atom is 0.322 e. The van der Waals surface area contributed by atoms with Crippen molar-refractivity contribution in [2.24, 2.45) is 17.8 Å². The van der Waals surface area contributed by atoms with Gasteiger partial charge in [-0.25, -0.2) is 4.79 Å². The topological polar surface area (TPSA) is 62.6 Å². The lowest BCUT2D eigenvalue weighted by Crippen LogP contribution is -3.14. The van der Waals surface area contributed by atoms with Crippen LogP contribution in [0.3, 0.4) is 0 Å². The molecule has 5 rings (SSSR count). The van der Waals surface area contributed by atoms with E-state index in [0.29, 0.717) is 6.54 Å². The van der Waals surface area contributed by atoms with Gasteiger partial charge in [-0.1, -0.05) is 0 Å². The van der Waals surface area contributed by atoms with E-state index in [1.165, 1.54) is 43.4 Å². The molecule has 5 aliphatic rings. The van der Waals surface area contributed by atoms with E-state index in [1.54, 1.807) is 0 Å². The van der Waals surface area contributed by atoms with Crippen LogP contribution < -0.4 is 15.5 Å². The molecule has 0 aromatic rings. The summed E-state index contributed by atoms with van der Waals surface area (Å²) < 4.78 is 0. The summed E-state index contributed by atoms with van der Waals surface area (Å²) in [6, 6.07) is -0.256. The van der Waals surface area contributed by atoms with Crippen LogP contribution in [0.1, 0.15) is 57.8 Å². The summed E-state index contributed by atoms with van der Waals surface area (Å²) in [4.78, 5) is 25.8. The third-order valence-corrected chi connectivity index (χ3v) is 6.64. The lowest BCUT2D eigenvalue weighted by atomic mass is 9.53. The fourth-order valence-corrected chi connectivity index (χ4v) is 6.16. The molecule has 0 radical (unpaired) electrons. The highest BCUT2D eigenvalue weighted by atomic mass is 16.2. The quantitative estimate of drug-likeness (QED) is 0.722. The number of hydrogen-bond acceptors (Lipinski definition) is 2. The SMILES string of the molecule is O=C(C[NH+]1CCCCC1)NC(=O)NC12CC3CC(CC(C3)C1)C2. The van der Waals surface area contributed by atoms with Gasteiger partial charge in [0.15, 0.2) is 6.54 Å². The second kappa shape index (κ2) is 6.08. The Morgan fingerprint density at radius 3 is 2.04 bits per heavy atom. The first-order valence-corrected chi connectivity index (χ1v) is 9.56. The summed E-state index contributed by atoms with van der Waals surface area (Å²) in [6.45, 7) is 2.56. The molecule has 5 heteroatoms. The van der Waals surface area contributed by atoms with Crippen LogP contribution in [0.5, 0.6) is 0 Å². The number of piperidine rings is 1. The fraction of sp³-hybridized carbons (Fsp3) is 0.889. The number of rotatable bonds is 3. The van der Waals surface area contributed by atoms with Crippen molar-refractivity contribution in [2.45, 2.75) is 63.3 Å². The van der Waals surface area contributed by atoms with Gasteiger partial charge in [0.25, 0.3) is 5.91 Å². The Morgan fingerprint density at radius 2 is 1.48 bits per heavy atom. The number of quaternary nitrogens is 1. The normalized spacial score (nSPS) is 39.2. The summed E-state index contributed by atoms with van der Waals surface area (Å²) in [7, 11) is 0. The lowest BCUT2D eigenvalue weighted by Gasteiger charge is -2.56. The van der Waals surface area contributed by atoms with Gasteiger partial charge >= 0.3 is 6.03 Å². The molecule has 0 spiro atoms. The Labute approximate surface area is 138 Å². The van der Waals surface area contributed by atoms with Gasteiger partial charge in [-0.2, -0.15) is 0 Å². The van der Waals surface area contributed by atoms with Crippen LogP contribution in [-0.2, 0) is 4.79 Å². The van der Waals surface area contributed by atoms with Crippen LogP contribution in [0.15, 0.2) is 0 Å². The number of imide groups is 1. The van der Waals surface area contributed by atoms with E-state index in [4.69, 9.17) is 0 Å². The van der Waals surface area contributed by atoms with Gasteiger partial charge in [0.1, 0.15) is 0 Å². The number of carbonyl (C=O) groups excluding carboxylic acids is 2. The van der Waals surface area contributed by atoms with Crippen molar-refractivity contribution in [3.8, 4) is 0 Å². The summed E-state index contributed by atoms with van der Waals surface area (Å²) in [5.41, 5.74) is -0.0168. The summed E-state index contributed by atoms with van der Waals surface area (Å²) in [5, 5.41) is 5.80. The molecule has 4 saturated carbocycles. The molecule has 128 valence electrons. The molecule has 1 saturated heterocycles. The molecule has 0 atom stereocenters. The first kappa shape index (κ1) is 15.4. The minimum absolute atomic E-state index is 0.0168. The van der Waals surface area contributed by atoms with Crippen LogP contribution in [0.2, 0.25) is 0 Å². The highest BCUT2D eigenvalue weighted by molar-refractivity contribution is 5.95.